The summed E-state index contributed by atoms with van der Waals surface area (Å²) in [5.74, 6) is 0.740. The van der Waals surface area contributed by atoms with Crippen LogP contribution in [-0.2, 0) is 6.42 Å². The van der Waals surface area contributed by atoms with Crippen LogP contribution in [0.15, 0.2) is 22.9 Å². The van der Waals surface area contributed by atoms with E-state index in [2.05, 4.69) is 29.2 Å². The Kier molecular flexibility index (Phi) is 4.27. The lowest BCUT2D eigenvalue weighted by Gasteiger charge is -2.34. The summed E-state index contributed by atoms with van der Waals surface area (Å²) in [6, 6.07) is 3.75. The molecular formula is C16H22N4O2. The van der Waals surface area contributed by atoms with Crippen molar-refractivity contribution in [3.63, 3.8) is 0 Å². The number of hydrogen-bond donors (Lipinski definition) is 1. The number of aromatic nitrogens is 3. The third-order valence-corrected chi connectivity index (χ3v) is 4.03. The molecule has 0 bridgehead atoms. The van der Waals surface area contributed by atoms with Crippen molar-refractivity contribution in [1.82, 2.24) is 20.3 Å². The Morgan fingerprint density at radius 3 is 3.09 bits per heavy atom. The van der Waals surface area contributed by atoms with Gasteiger partial charge in [0.1, 0.15) is 0 Å². The molecule has 1 amide bonds. The second-order valence-corrected chi connectivity index (χ2v) is 6.30. The molecule has 1 aliphatic heterocycles. The second kappa shape index (κ2) is 6.34. The van der Waals surface area contributed by atoms with Gasteiger partial charge in [-0.15, -0.1) is 0 Å². The summed E-state index contributed by atoms with van der Waals surface area (Å²) in [6.45, 7) is 4.98. The van der Waals surface area contributed by atoms with Crippen molar-refractivity contribution in [2.75, 3.05) is 6.54 Å². The zero-order valence-corrected chi connectivity index (χ0v) is 13.1. The molecule has 22 heavy (non-hydrogen) atoms. The van der Waals surface area contributed by atoms with Gasteiger partial charge in [-0.25, -0.2) is 0 Å². The normalized spacial score (nSPS) is 18.9. The van der Waals surface area contributed by atoms with Crippen molar-refractivity contribution in [2.45, 2.75) is 45.6 Å². The lowest BCUT2D eigenvalue weighted by Crippen LogP contribution is -2.38. The molecule has 3 heterocycles. The Hall–Kier alpha value is -2.11. The van der Waals surface area contributed by atoms with E-state index >= 15 is 0 Å². The summed E-state index contributed by atoms with van der Waals surface area (Å²) < 4.78 is 5.28. The highest BCUT2D eigenvalue weighted by Crippen LogP contribution is 2.31. The average Bonchev–Trinajstić information content (AvgIpc) is 3.17. The largest absolute Gasteiger partial charge is 0.351 e. The molecule has 1 atom stereocenters. The van der Waals surface area contributed by atoms with E-state index in [4.69, 9.17) is 4.52 Å². The SMILES string of the molecule is CC(C)Cc1cc(C(=O)N2CCCCC2c2ccn[nH]2)on1. The lowest BCUT2D eigenvalue weighted by molar-refractivity contribution is 0.0563. The number of likely N-dealkylation sites (tertiary alicyclic amines) is 1. The molecule has 0 aliphatic carbocycles. The van der Waals surface area contributed by atoms with Crippen LogP contribution >= 0.6 is 0 Å². The van der Waals surface area contributed by atoms with E-state index in [1.165, 1.54) is 0 Å². The molecule has 3 rings (SSSR count). The molecule has 0 aromatic carbocycles. The van der Waals surface area contributed by atoms with Gasteiger partial charge in [-0.3, -0.25) is 9.89 Å². The van der Waals surface area contributed by atoms with Gasteiger partial charge in [-0.2, -0.15) is 5.10 Å². The van der Waals surface area contributed by atoms with Crippen molar-refractivity contribution < 1.29 is 9.32 Å². The fourth-order valence-electron chi connectivity index (χ4n) is 3.02. The van der Waals surface area contributed by atoms with Crippen molar-refractivity contribution in [3.05, 3.63) is 35.5 Å². The molecule has 0 radical (unpaired) electrons. The van der Waals surface area contributed by atoms with E-state index in [0.717, 1.165) is 43.6 Å². The molecule has 2 aromatic rings. The number of piperidine rings is 1. The fourth-order valence-corrected chi connectivity index (χ4v) is 3.02. The molecule has 0 saturated carbocycles. The zero-order valence-electron chi connectivity index (χ0n) is 13.1. The van der Waals surface area contributed by atoms with E-state index in [9.17, 15) is 4.79 Å². The van der Waals surface area contributed by atoms with Gasteiger partial charge in [0.05, 0.1) is 17.4 Å². The smallest absolute Gasteiger partial charge is 0.293 e. The van der Waals surface area contributed by atoms with Crippen LogP contribution in [0.2, 0.25) is 0 Å². The number of nitrogens with one attached hydrogen (secondary N) is 1. The number of aromatic amines is 1. The van der Waals surface area contributed by atoms with Crippen LogP contribution in [0.25, 0.3) is 0 Å². The number of H-pyrrole nitrogens is 1. The van der Waals surface area contributed by atoms with Gasteiger partial charge in [-0.05, 0) is 37.7 Å². The van der Waals surface area contributed by atoms with Crippen LogP contribution in [0.3, 0.4) is 0 Å². The predicted octanol–water partition coefficient (Wildman–Crippen LogP) is 2.96. The number of carbonyl (C=O) groups excluding carboxylic acids is 1. The zero-order chi connectivity index (χ0) is 15.5. The van der Waals surface area contributed by atoms with Crippen LogP contribution in [0, 0.1) is 5.92 Å². The van der Waals surface area contributed by atoms with Gasteiger partial charge in [-0.1, -0.05) is 19.0 Å². The van der Waals surface area contributed by atoms with Crippen molar-refractivity contribution in [2.24, 2.45) is 5.92 Å². The van der Waals surface area contributed by atoms with Gasteiger partial charge >= 0.3 is 0 Å². The molecule has 1 saturated heterocycles. The van der Waals surface area contributed by atoms with E-state index in [1.54, 1.807) is 12.3 Å². The molecule has 6 nitrogen and oxygen atoms in total. The molecule has 0 spiro atoms. The second-order valence-electron chi connectivity index (χ2n) is 6.30. The minimum absolute atomic E-state index is 0.0439. The molecule has 1 N–H and O–H groups in total. The third-order valence-electron chi connectivity index (χ3n) is 4.03. The first-order valence-corrected chi connectivity index (χ1v) is 7.91. The van der Waals surface area contributed by atoms with Crippen molar-refractivity contribution in [3.8, 4) is 0 Å². The molecular weight excluding hydrogens is 280 g/mol. The monoisotopic (exact) mass is 302 g/mol. The Labute approximate surface area is 129 Å². The van der Waals surface area contributed by atoms with Gasteiger partial charge in [0.2, 0.25) is 5.76 Å². The van der Waals surface area contributed by atoms with Gasteiger partial charge < -0.3 is 9.42 Å². The number of nitrogens with zero attached hydrogens (tertiary/aromatic N) is 3. The summed E-state index contributed by atoms with van der Waals surface area (Å²) >= 11 is 0. The quantitative estimate of drug-likeness (QED) is 0.942. The minimum atomic E-state index is -0.0817. The highest BCUT2D eigenvalue weighted by Gasteiger charge is 2.31. The third kappa shape index (κ3) is 3.05. The van der Waals surface area contributed by atoms with Gasteiger partial charge in [0.25, 0.3) is 5.91 Å². The summed E-state index contributed by atoms with van der Waals surface area (Å²) in [6.07, 6.45) is 5.62. The maximum atomic E-state index is 12.8. The standard InChI is InChI=1S/C16H22N4O2/c1-11(2)9-12-10-15(22-19-12)16(21)20-8-4-3-5-14(20)13-6-7-17-18-13/h6-7,10-11,14H,3-5,8-9H2,1-2H3,(H,17,18). The van der Waals surface area contributed by atoms with Crippen LogP contribution in [0.1, 0.15) is 61.1 Å². The topological polar surface area (TPSA) is 75.0 Å². The van der Waals surface area contributed by atoms with Crippen molar-refractivity contribution in [1.29, 1.82) is 0 Å². The number of hydrogen-bond acceptors (Lipinski definition) is 4. The Morgan fingerprint density at radius 2 is 2.36 bits per heavy atom. The van der Waals surface area contributed by atoms with Crippen LogP contribution in [0.4, 0.5) is 0 Å². The summed E-state index contributed by atoms with van der Waals surface area (Å²) in [4.78, 5) is 14.6. The number of carbonyl (C=O) groups is 1. The van der Waals surface area contributed by atoms with Crippen LogP contribution in [0.5, 0.6) is 0 Å². The predicted molar refractivity (Wildman–Crippen MR) is 81.3 cm³/mol. The van der Waals surface area contributed by atoms with E-state index in [0.29, 0.717) is 11.7 Å². The number of rotatable bonds is 4. The van der Waals surface area contributed by atoms with Gasteiger partial charge in [0, 0.05) is 18.8 Å². The fraction of sp³-hybridized carbons (Fsp3) is 0.562. The first kappa shape index (κ1) is 14.8. The molecule has 1 unspecified atom stereocenters. The summed E-state index contributed by atoms with van der Waals surface area (Å²) in [7, 11) is 0. The molecule has 2 aromatic heterocycles. The first-order valence-electron chi connectivity index (χ1n) is 7.91. The van der Waals surface area contributed by atoms with E-state index in [-0.39, 0.29) is 11.9 Å². The van der Waals surface area contributed by atoms with E-state index in [1.807, 2.05) is 11.0 Å². The Balaban J connectivity index is 1.78. The minimum Gasteiger partial charge on any atom is -0.351 e. The van der Waals surface area contributed by atoms with Crippen LogP contribution in [-0.4, -0.2) is 32.7 Å². The highest BCUT2D eigenvalue weighted by molar-refractivity contribution is 5.91. The maximum absolute atomic E-state index is 12.8. The average molecular weight is 302 g/mol. The molecule has 1 fully saturated rings. The molecule has 118 valence electrons. The Morgan fingerprint density at radius 1 is 1.50 bits per heavy atom. The van der Waals surface area contributed by atoms with Gasteiger partial charge in [0.15, 0.2) is 0 Å². The molecule has 6 heteroatoms. The maximum Gasteiger partial charge on any atom is 0.293 e. The Bertz CT molecular complexity index is 618. The number of amides is 1. The highest BCUT2D eigenvalue weighted by atomic mass is 16.5. The summed E-state index contributed by atoms with van der Waals surface area (Å²) in [5.41, 5.74) is 1.82. The summed E-state index contributed by atoms with van der Waals surface area (Å²) in [5, 5.41) is 11.0. The first-order chi connectivity index (χ1) is 10.6. The van der Waals surface area contributed by atoms with E-state index < -0.39 is 0 Å². The van der Waals surface area contributed by atoms with Crippen LogP contribution < -0.4 is 0 Å². The lowest BCUT2D eigenvalue weighted by atomic mass is 9.99. The van der Waals surface area contributed by atoms with Crippen molar-refractivity contribution >= 4 is 5.91 Å². The molecule has 1 aliphatic rings.